The van der Waals surface area contributed by atoms with Gasteiger partial charge in [-0.25, -0.2) is 4.98 Å². The van der Waals surface area contributed by atoms with Crippen molar-refractivity contribution in [1.82, 2.24) is 28.5 Å². The van der Waals surface area contributed by atoms with Crippen LogP contribution in [0.2, 0.25) is 0 Å². The van der Waals surface area contributed by atoms with Crippen LogP contribution < -0.4 is 10.6 Å². The van der Waals surface area contributed by atoms with E-state index in [1.165, 1.54) is 0 Å². The van der Waals surface area contributed by atoms with E-state index in [-0.39, 0.29) is 0 Å². The van der Waals surface area contributed by atoms with Gasteiger partial charge in [-0.05, 0) is 55.5 Å². The molecule has 0 bridgehead atoms. The summed E-state index contributed by atoms with van der Waals surface area (Å²) in [7, 11) is 0. The van der Waals surface area contributed by atoms with Crippen molar-refractivity contribution in [2.45, 2.75) is 6.92 Å². The van der Waals surface area contributed by atoms with E-state index < -0.39 is 0 Å². The van der Waals surface area contributed by atoms with E-state index in [0.29, 0.717) is 0 Å². The molecule has 6 nitrogen and oxygen atoms in total. The van der Waals surface area contributed by atoms with E-state index in [4.69, 9.17) is 9.97 Å². The number of para-hydroxylation sites is 3. The third-order valence-corrected chi connectivity index (χ3v) is 6.89. The highest BCUT2D eigenvalue weighted by molar-refractivity contribution is 5.92. The summed E-state index contributed by atoms with van der Waals surface area (Å²) in [5, 5.41) is 2.13. The number of nitrogens with zero attached hydrogens (tertiary/aromatic N) is 6. The molecule has 0 amide bonds. The largest absolute Gasteiger partial charge is 0.294 e. The van der Waals surface area contributed by atoms with Gasteiger partial charge in [0.2, 0.25) is 5.78 Å². The van der Waals surface area contributed by atoms with Crippen molar-refractivity contribution in [2.24, 2.45) is 0 Å². The molecule has 5 aromatic heterocycles. The number of aromatic nitrogens is 6. The van der Waals surface area contributed by atoms with Crippen LogP contribution >= 0.6 is 0 Å². The third-order valence-electron chi connectivity index (χ3n) is 6.89. The van der Waals surface area contributed by atoms with Crippen molar-refractivity contribution in [3.8, 4) is 22.8 Å². The highest BCUT2D eigenvalue weighted by atomic mass is 15.3. The van der Waals surface area contributed by atoms with E-state index in [1.54, 1.807) is 6.20 Å². The lowest BCUT2D eigenvalue weighted by molar-refractivity contribution is 1.02. The fourth-order valence-corrected chi connectivity index (χ4v) is 5.31. The van der Waals surface area contributed by atoms with E-state index >= 15 is 0 Å². The van der Waals surface area contributed by atoms with Crippen molar-refractivity contribution in [3.63, 3.8) is 0 Å². The molecule has 0 spiro atoms. The number of hydrogen-bond acceptors (Lipinski definition) is 3. The maximum atomic E-state index is 5.25. The number of benzene rings is 2. The van der Waals surface area contributed by atoms with E-state index in [0.717, 1.165) is 61.3 Å². The Bertz CT molecular complexity index is 2080. The molecule has 7 aromatic rings. The van der Waals surface area contributed by atoms with Crippen molar-refractivity contribution in [2.75, 3.05) is 0 Å². The molecule has 0 saturated heterocycles. The van der Waals surface area contributed by atoms with Gasteiger partial charge >= 0.3 is 0 Å². The van der Waals surface area contributed by atoms with Gasteiger partial charge in [0, 0.05) is 17.1 Å². The summed E-state index contributed by atoms with van der Waals surface area (Å²) < 4.78 is 6.70. The Kier molecular flexibility index (Phi) is 5.04. The minimum absolute atomic E-state index is 0.828. The molecule has 0 saturated carbocycles. The molecule has 0 unspecified atom stereocenters. The summed E-state index contributed by atoms with van der Waals surface area (Å²) in [5.41, 5.74) is 7.76. The van der Waals surface area contributed by atoms with Crippen molar-refractivity contribution in [1.29, 1.82) is 0 Å². The monoisotopic (exact) mass is 492 g/mol. The first kappa shape index (κ1) is 22.0. The van der Waals surface area contributed by atoms with Crippen LogP contribution in [0.1, 0.15) is 6.92 Å². The SMILES string of the molecule is C=C/C=c1\c(=C/C)n(-c2ccccc2)c2c1nc1n(-c3ccc(-c4ccccn4)nc3)c3ccccc3n21. The number of fused-ring (bicyclic) bond motifs is 5. The number of hydrogen-bond donors (Lipinski definition) is 0. The van der Waals surface area contributed by atoms with Crippen molar-refractivity contribution >= 4 is 40.1 Å². The lowest BCUT2D eigenvalue weighted by Gasteiger charge is -2.06. The van der Waals surface area contributed by atoms with Crippen LogP contribution in [0.25, 0.3) is 62.9 Å². The lowest BCUT2D eigenvalue weighted by atomic mass is 10.2. The Hall–Kier alpha value is -5.23. The van der Waals surface area contributed by atoms with Crippen LogP contribution in [-0.4, -0.2) is 28.5 Å². The average molecular weight is 493 g/mol. The molecule has 5 heterocycles. The first-order chi connectivity index (χ1) is 18.8. The maximum absolute atomic E-state index is 5.25. The van der Waals surface area contributed by atoms with Gasteiger partial charge in [-0.1, -0.05) is 61.2 Å². The molecule has 0 aliphatic carbocycles. The summed E-state index contributed by atoms with van der Waals surface area (Å²) in [6, 6.07) is 28.8. The molecule has 0 radical (unpaired) electrons. The smallest absolute Gasteiger partial charge is 0.221 e. The van der Waals surface area contributed by atoms with Crippen molar-refractivity contribution < 1.29 is 0 Å². The Morgan fingerprint density at radius 3 is 2.21 bits per heavy atom. The van der Waals surface area contributed by atoms with Crippen LogP contribution in [0.15, 0.2) is 110 Å². The van der Waals surface area contributed by atoms with Gasteiger partial charge in [0.15, 0.2) is 5.65 Å². The topological polar surface area (TPSA) is 52.9 Å². The Morgan fingerprint density at radius 1 is 0.737 bits per heavy atom. The normalized spacial score (nSPS) is 12.8. The highest BCUT2D eigenvalue weighted by Gasteiger charge is 2.22. The first-order valence-electron chi connectivity index (χ1n) is 12.5. The first-order valence-corrected chi connectivity index (χ1v) is 12.5. The molecule has 0 aliphatic heterocycles. The number of imidazole rings is 2. The number of rotatable bonds is 4. The van der Waals surface area contributed by atoms with Gasteiger partial charge in [-0.15, -0.1) is 0 Å². The van der Waals surface area contributed by atoms with Gasteiger partial charge < -0.3 is 0 Å². The van der Waals surface area contributed by atoms with Crippen LogP contribution in [-0.2, 0) is 0 Å². The average Bonchev–Trinajstić information content (AvgIpc) is 3.60. The fourth-order valence-electron chi connectivity index (χ4n) is 5.31. The zero-order valence-corrected chi connectivity index (χ0v) is 20.9. The molecule has 0 fully saturated rings. The van der Waals surface area contributed by atoms with E-state index in [1.807, 2.05) is 48.7 Å². The maximum Gasteiger partial charge on any atom is 0.221 e. The zero-order valence-electron chi connectivity index (χ0n) is 20.9. The standard InChI is InChI=1S/C32H24N6/c1-3-12-24-27(4-2)36(22-13-6-5-7-14-22)31-30(24)35-32-37(28-16-8-9-17-29(28)38(31)32)23-18-19-26(34-21-23)25-15-10-11-20-33-25/h3-21H,1H2,2H3/b24-12+,27-4+. The second-order valence-electron chi connectivity index (χ2n) is 9.02. The molecular formula is C32H24N6. The van der Waals surface area contributed by atoms with Crippen molar-refractivity contribution in [3.05, 3.63) is 121 Å². The minimum Gasteiger partial charge on any atom is -0.294 e. The predicted octanol–water partition coefficient (Wildman–Crippen LogP) is 5.45. The third kappa shape index (κ3) is 3.17. The Balaban J connectivity index is 1.59. The number of allylic oxidation sites excluding steroid dienone is 1. The fraction of sp³-hybridized carbons (Fsp3) is 0.0312. The number of pyridine rings is 2. The van der Waals surface area contributed by atoms with Gasteiger partial charge in [0.05, 0.1) is 39.7 Å². The second-order valence-corrected chi connectivity index (χ2v) is 9.02. The molecule has 38 heavy (non-hydrogen) atoms. The Labute approximate surface area is 218 Å². The van der Waals surface area contributed by atoms with Gasteiger partial charge in [0.1, 0.15) is 5.52 Å². The van der Waals surface area contributed by atoms with Crippen LogP contribution in [0.4, 0.5) is 0 Å². The van der Waals surface area contributed by atoms with Gasteiger partial charge in [0.25, 0.3) is 0 Å². The summed E-state index contributed by atoms with van der Waals surface area (Å²) in [5.74, 6) is 0.828. The quantitative estimate of drug-likeness (QED) is 0.329. The van der Waals surface area contributed by atoms with Gasteiger partial charge in [-0.3, -0.25) is 23.5 Å². The highest BCUT2D eigenvalue weighted by Crippen LogP contribution is 2.29. The molecule has 0 N–H and O–H groups in total. The van der Waals surface area contributed by atoms with Gasteiger partial charge in [-0.2, -0.15) is 0 Å². The summed E-state index contributed by atoms with van der Waals surface area (Å²) in [6.45, 7) is 6.04. The summed E-state index contributed by atoms with van der Waals surface area (Å²) in [6.07, 6.45) is 9.68. The molecule has 2 aromatic carbocycles. The molecule has 0 atom stereocenters. The summed E-state index contributed by atoms with van der Waals surface area (Å²) >= 11 is 0. The summed E-state index contributed by atoms with van der Waals surface area (Å²) in [4.78, 5) is 14.4. The second kappa shape index (κ2) is 8.71. The zero-order chi connectivity index (χ0) is 25.6. The lowest BCUT2D eigenvalue weighted by Crippen LogP contribution is -2.28. The van der Waals surface area contributed by atoms with Crippen LogP contribution in [0, 0.1) is 0 Å². The Morgan fingerprint density at radius 2 is 1.50 bits per heavy atom. The van der Waals surface area contributed by atoms with E-state index in [2.05, 4.69) is 92.7 Å². The molecular weight excluding hydrogens is 468 g/mol. The van der Waals surface area contributed by atoms with Crippen LogP contribution in [0.3, 0.4) is 0 Å². The van der Waals surface area contributed by atoms with E-state index in [9.17, 15) is 0 Å². The molecule has 6 heteroatoms. The predicted molar refractivity (Wildman–Crippen MR) is 154 cm³/mol. The minimum atomic E-state index is 0.828. The molecule has 182 valence electrons. The molecule has 0 aliphatic rings. The van der Waals surface area contributed by atoms with Crippen LogP contribution in [0.5, 0.6) is 0 Å². The molecule has 7 rings (SSSR count).